The number of hydrogen-bond donors (Lipinski definition) is 2. The van der Waals surface area contributed by atoms with Gasteiger partial charge in [-0.3, -0.25) is 0 Å². The molecule has 0 atom stereocenters. The van der Waals surface area contributed by atoms with Crippen LogP contribution in [0.5, 0.6) is 0 Å². The predicted molar refractivity (Wildman–Crippen MR) is 75.9 cm³/mol. The van der Waals surface area contributed by atoms with E-state index in [1.165, 1.54) is 41.2 Å². The fraction of sp³-hybridized carbons (Fsp3) is 0.429. The molecule has 0 spiro atoms. The first-order chi connectivity index (χ1) is 8.35. The van der Waals surface area contributed by atoms with Gasteiger partial charge in [0.2, 0.25) is 0 Å². The molecule has 2 aromatic rings. The second-order valence-electron chi connectivity index (χ2n) is 4.25. The summed E-state index contributed by atoms with van der Waals surface area (Å²) in [5, 5.41) is 1.35. The van der Waals surface area contributed by atoms with E-state index in [1.54, 1.807) is 4.90 Å². The third kappa shape index (κ3) is 3.05. The Morgan fingerprint density at radius 1 is 1.18 bits per heavy atom. The van der Waals surface area contributed by atoms with Crippen LogP contribution in [0.25, 0.3) is 10.9 Å². The number of rotatable bonds is 6. The molecular formula is C14H21N2S+. The highest BCUT2D eigenvalue weighted by molar-refractivity contribution is 7.99. The zero-order valence-electron chi connectivity index (χ0n) is 10.6. The minimum atomic E-state index is 1.19. The van der Waals surface area contributed by atoms with E-state index in [2.05, 4.69) is 49.3 Å². The Morgan fingerprint density at radius 3 is 2.71 bits per heavy atom. The predicted octanol–water partition coefficient (Wildman–Crippen LogP) is 2.18. The van der Waals surface area contributed by atoms with Crippen LogP contribution in [0.4, 0.5) is 0 Å². The van der Waals surface area contributed by atoms with E-state index in [-0.39, 0.29) is 0 Å². The van der Waals surface area contributed by atoms with Gasteiger partial charge in [-0.1, -0.05) is 18.2 Å². The van der Waals surface area contributed by atoms with Gasteiger partial charge in [-0.15, -0.1) is 11.8 Å². The van der Waals surface area contributed by atoms with Crippen LogP contribution in [0.1, 0.15) is 13.8 Å². The fourth-order valence-electron chi connectivity index (χ4n) is 2.07. The lowest BCUT2D eigenvalue weighted by Gasteiger charge is -2.14. The lowest BCUT2D eigenvalue weighted by molar-refractivity contribution is -0.893. The summed E-state index contributed by atoms with van der Waals surface area (Å²) in [4.78, 5) is 6.39. The molecule has 2 nitrogen and oxygen atoms in total. The van der Waals surface area contributed by atoms with Crippen molar-refractivity contribution in [2.75, 3.05) is 25.4 Å². The van der Waals surface area contributed by atoms with Gasteiger partial charge in [0, 0.05) is 27.7 Å². The van der Waals surface area contributed by atoms with Crippen molar-refractivity contribution in [1.82, 2.24) is 4.98 Å². The van der Waals surface area contributed by atoms with Gasteiger partial charge in [0.15, 0.2) is 0 Å². The van der Waals surface area contributed by atoms with E-state index >= 15 is 0 Å². The van der Waals surface area contributed by atoms with E-state index in [9.17, 15) is 0 Å². The summed E-state index contributed by atoms with van der Waals surface area (Å²) in [5.41, 5.74) is 1.24. The van der Waals surface area contributed by atoms with Crippen molar-refractivity contribution in [2.45, 2.75) is 18.7 Å². The Kier molecular flexibility index (Phi) is 4.51. The second-order valence-corrected chi connectivity index (χ2v) is 5.39. The molecule has 2 rings (SSSR count). The van der Waals surface area contributed by atoms with Crippen LogP contribution in [0.3, 0.4) is 0 Å². The molecule has 0 saturated heterocycles. The number of fused-ring (bicyclic) bond motifs is 1. The Morgan fingerprint density at radius 2 is 1.94 bits per heavy atom. The zero-order valence-corrected chi connectivity index (χ0v) is 11.4. The third-order valence-electron chi connectivity index (χ3n) is 3.26. The van der Waals surface area contributed by atoms with Gasteiger partial charge >= 0.3 is 0 Å². The number of benzene rings is 1. The number of thioether (sulfide) groups is 1. The molecule has 3 heteroatoms. The van der Waals surface area contributed by atoms with Crippen molar-refractivity contribution in [2.24, 2.45) is 0 Å². The van der Waals surface area contributed by atoms with E-state index < -0.39 is 0 Å². The average molecular weight is 249 g/mol. The highest BCUT2D eigenvalue weighted by Crippen LogP contribution is 2.26. The Hall–Kier alpha value is -0.930. The van der Waals surface area contributed by atoms with Crippen LogP contribution >= 0.6 is 11.8 Å². The van der Waals surface area contributed by atoms with Crippen LogP contribution in [0.15, 0.2) is 35.4 Å². The van der Waals surface area contributed by atoms with Crippen molar-refractivity contribution in [1.29, 1.82) is 0 Å². The maximum atomic E-state index is 3.33. The van der Waals surface area contributed by atoms with Gasteiger partial charge in [0.25, 0.3) is 0 Å². The van der Waals surface area contributed by atoms with Crippen molar-refractivity contribution in [3.05, 3.63) is 30.5 Å². The Bertz CT molecular complexity index is 460. The number of hydrogen-bond acceptors (Lipinski definition) is 1. The van der Waals surface area contributed by atoms with Gasteiger partial charge in [0.1, 0.15) is 0 Å². The summed E-state index contributed by atoms with van der Waals surface area (Å²) in [6, 6.07) is 8.51. The quantitative estimate of drug-likeness (QED) is 0.752. The minimum Gasteiger partial charge on any atom is -0.360 e. The van der Waals surface area contributed by atoms with Crippen molar-refractivity contribution in [3.8, 4) is 0 Å². The minimum absolute atomic E-state index is 1.19. The molecule has 1 aromatic heterocycles. The molecule has 0 aliphatic carbocycles. The molecule has 0 bridgehead atoms. The molecule has 0 radical (unpaired) electrons. The SMILES string of the molecule is CC[NH+](CC)CCSc1c[nH]c2ccccc12. The molecule has 2 N–H and O–H groups in total. The lowest BCUT2D eigenvalue weighted by atomic mass is 10.2. The Balaban J connectivity index is 1.95. The third-order valence-corrected chi connectivity index (χ3v) is 4.32. The first-order valence-electron chi connectivity index (χ1n) is 6.37. The second kappa shape index (κ2) is 6.12. The molecule has 1 heterocycles. The normalized spacial score (nSPS) is 11.5. The number of para-hydroxylation sites is 1. The van der Waals surface area contributed by atoms with E-state index in [4.69, 9.17) is 0 Å². The molecule has 0 fully saturated rings. The maximum absolute atomic E-state index is 3.33. The van der Waals surface area contributed by atoms with Crippen LogP contribution in [-0.2, 0) is 0 Å². The van der Waals surface area contributed by atoms with Gasteiger partial charge in [-0.25, -0.2) is 0 Å². The van der Waals surface area contributed by atoms with Gasteiger partial charge < -0.3 is 9.88 Å². The first kappa shape index (κ1) is 12.5. The van der Waals surface area contributed by atoms with Crippen molar-refractivity contribution >= 4 is 22.7 Å². The molecule has 92 valence electrons. The van der Waals surface area contributed by atoms with Crippen LogP contribution in [0, 0.1) is 0 Å². The average Bonchev–Trinajstić information content (AvgIpc) is 2.78. The van der Waals surface area contributed by atoms with Crippen LogP contribution in [0.2, 0.25) is 0 Å². The van der Waals surface area contributed by atoms with E-state index in [1.807, 2.05) is 11.8 Å². The van der Waals surface area contributed by atoms with E-state index in [0.717, 1.165) is 0 Å². The molecule has 17 heavy (non-hydrogen) atoms. The summed E-state index contributed by atoms with van der Waals surface area (Å²) in [7, 11) is 0. The summed E-state index contributed by atoms with van der Waals surface area (Å²) in [6.45, 7) is 8.22. The Labute approximate surface area is 107 Å². The molecule has 0 saturated carbocycles. The summed E-state index contributed by atoms with van der Waals surface area (Å²) >= 11 is 1.96. The van der Waals surface area contributed by atoms with Gasteiger partial charge in [-0.05, 0) is 19.9 Å². The molecule has 0 unspecified atom stereocenters. The fourth-order valence-corrected chi connectivity index (χ4v) is 3.16. The topological polar surface area (TPSA) is 20.2 Å². The molecular weight excluding hydrogens is 228 g/mol. The highest BCUT2D eigenvalue weighted by atomic mass is 32.2. The van der Waals surface area contributed by atoms with Crippen molar-refractivity contribution < 1.29 is 4.90 Å². The summed E-state index contributed by atoms with van der Waals surface area (Å²) in [6.07, 6.45) is 2.13. The van der Waals surface area contributed by atoms with E-state index in [0.29, 0.717) is 0 Å². The smallest absolute Gasteiger partial charge is 0.0866 e. The molecule has 0 amide bonds. The number of aromatic nitrogens is 1. The maximum Gasteiger partial charge on any atom is 0.0866 e. The van der Waals surface area contributed by atoms with Crippen LogP contribution < -0.4 is 4.90 Å². The molecule has 0 aliphatic rings. The van der Waals surface area contributed by atoms with Gasteiger partial charge in [0.05, 0.1) is 19.6 Å². The number of nitrogens with one attached hydrogen (secondary N) is 2. The molecule has 1 aromatic carbocycles. The lowest BCUT2D eigenvalue weighted by Crippen LogP contribution is -3.11. The van der Waals surface area contributed by atoms with Crippen molar-refractivity contribution in [3.63, 3.8) is 0 Å². The van der Waals surface area contributed by atoms with Crippen LogP contribution in [-0.4, -0.2) is 30.4 Å². The zero-order chi connectivity index (χ0) is 12.1. The highest BCUT2D eigenvalue weighted by Gasteiger charge is 2.06. The van der Waals surface area contributed by atoms with Gasteiger partial charge in [-0.2, -0.15) is 0 Å². The largest absolute Gasteiger partial charge is 0.360 e. The number of quaternary nitrogens is 1. The molecule has 0 aliphatic heterocycles. The monoisotopic (exact) mass is 249 g/mol. The standard InChI is InChI=1S/C14H20N2S/c1-3-16(4-2)9-10-17-14-11-15-13-8-6-5-7-12(13)14/h5-8,11,15H,3-4,9-10H2,1-2H3/p+1. The first-order valence-corrected chi connectivity index (χ1v) is 7.36. The summed E-state index contributed by atoms with van der Waals surface area (Å²) < 4.78 is 0. The number of aromatic amines is 1. The summed E-state index contributed by atoms with van der Waals surface area (Å²) in [5.74, 6) is 1.19. The number of H-pyrrole nitrogens is 1.